The summed E-state index contributed by atoms with van der Waals surface area (Å²) in [6.07, 6.45) is -2.05. The van der Waals surface area contributed by atoms with Crippen LogP contribution in [-0.2, 0) is 28.5 Å². The number of carbonyl (C=O) groups excluding carboxylic acids is 1. The normalized spacial score (nSPS) is 21.0. The lowest BCUT2D eigenvalue weighted by molar-refractivity contribution is -0.149. The molecule has 4 rings (SSSR count). The molecule has 3 aromatic rings. The summed E-state index contributed by atoms with van der Waals surface area (Å²) >= 11 is 0. The van der Waals surface area contributed by atoms with Gasteiger partial charge < -0.3 is 28.1 Å². The maximum Gasteiger partial charge on any atom is 0.303 e. The zero-order valence-electron chi connectivity index (χ0n) is 28.2. The highest BCUT2D eigenvalue weighted by Gasteiger charge is 2.65. The molecule has 3 aromatic carbocycles. The van der Waals surface area contributed by atoms with Crippen LogP contribution < -0.4 is 14.2 Å². The number of sulfone groups is 1. The largest absolute Gasteiger partial charge is 0.493 e. The van der Waals surface area contributed by atoms with Crippen molar-refractivity contribution in [3.8, 4) is 17.2 Å². The molecule has 0 spiro atoms. The monoisotopic (exact) mass is 670 g/mol. The highest BCUT2D eigenvalue weighted by atomic mass is 32.2. The van der Waals surface area contributed by atoms with Crippen LogP contribution in [0.4, 0.5) is 0 Å². The zero-order chi connectivity index (χ0) is 33.9. The molecular formula is C35H46O9SSi. The average molecular weight is 671 g/mol. The first-order chi connectivity index (χ1) is 21.6. The third-order valence-electron chi connectivity index (χ3n) is 9.31. The van der Waals surface area contributed by atoms with Crippen LogP contribution in [0.2, 0.25) is 18.1 Å². The molecule has 46 heavy (non-hydrogen) atoms. The zero-order valence-corrected chi connectivity index (χ0v) is 30.0. The van der Waals surface area contributed by atoms with E-state index in [4.69, 9.17) is 28.1 Å². The smallest absolute Gasteiger partial charge is 0.303 e. The van der Waals surface area contributed by atoms with Crippen molar-refractivity contribution in [3.63, 3.8) is 0 Å². The number of carbonyl (C=O) groups is 1. The molecule has 0 amide bonds. The Morgan fingerprint density at radius 2 is 1.48 bits per heavy atom. The number of esters is 1. The predicted octanol–water partition coefficient (Wildman–Crippen LogP) is 6.94. The van der Waals surface area contributed by atoms with Crippen molar-refractivity contribution in [1.29, 1.82) is 0 Å². The molecule has 1 aliphatic rings. The van der Waals surface area contributed by atoms with Gasteiger partial charge >= 0.3 is 5.97 Å². The molecule has 0 bridgehead atoms. The summed E-state index contributed by atoms with van der Waals surface area (Å²) in [6.45, 7) is 11.6. The van der Waals surface area contributed by atoms with Gasteiger partial charge in [-0.25, -0.2) is 8.42 Å². The van der Waals surface area contributed by atoms with E-state index in [0.29, 0.717) is 28.4 Å². The maximum atomic E-state index is 15.2. The van der Waals surface area contributed by atoms with Crippen molar-refractivity contribution < 1.29 is 41.3 Å². The maximum absolute atomic E-state index is 15.2. The van der Waals surface area contributed by atoms with Crippen molar-refractivity contribution in [3.05, 3.63) is 83.9 Å². The van der Waals surface area contributed by atoms with Gasteiger partial charge in [-0.15, -0.1) is 0 Å². The molecule has 0 saturated carbocycles. The Kier molecular flexibility index (Phi) is 10.6. The number of rotatable bonds is 12. The van der Waals surface area contributed by atoms with Gasteiger partial charge in [-0.1, -0.05) is 69.3 Å². The highest BCUT2D eigenvalue weighted by molar-refractivity contribution is 7.93. The molecule has 0 aliphatic carbocycles. The van der Waals surface area contributed by atoms with Crippen molar-refractivity contribution in [2.24, 2.45) is 5.92 Å². The van der Waals surface area contributed by atoms with E-state index in [0.717, 1.165) is 0 Å². The van der Waals surface area contributed by atoms with Gasteiger partial charge in [0, 0.05) is 19.4 Å². The van der Waals surface area contributed by atoms with E-state index in [1.807, 2.05) is 6.07 Å². The summed E-state index contributed by atoms with van der Waals surface area (Å²) < 4.78 is 65.0. The topological polar surface area (TPSA) is 107 Å². The molecule has 9 nitrogen and oxygen atoms in total. The summed E-state index contributed by atoms with van der Waals surface area (Å²) in [5.41, 5.74) is 1.14. The SMILES string of the molecule is COc1cc([C@H]2OC[C@]([C@@H](OC(C)=O)c3ccccc3)(S(=O)(=O)c3ccccc3)[C@@H]2CO[Si](C)(C)C(C)(C)C)cc(OC)c1OC. The summed E-state index contributed by atoms with van der Waals surface area (Å²) in [4.78, 5) is 12.9. The fourth-order valence-corrected chi connectivity index (χ4v) is 9.05. The van der Waals surface area contributed by atoms with E-state index < -0.39 is 47.0 Å². The fraction of sp³-hybridized carbons (Fsp3) is 0.457. The Hall–Kier alpha value is -3.38. The lowest BCUT2D eigenvalue weighted by Crippen LogP contribution is -2.54. The van der Waals surface area contributed by atoms with Crippen molar-refractivity contribution in [1.82, 2.24) is 0 Å². The van der Waals surface area contributed by atoms with E-state index in [9.17, 15) is 4.79 Å². The molecule has 0 N–H and O–H groups in total. The van der Waals surface area contributed by atoms with Crippen molar-refractivity contribution in [2.75, 3.05) is 34.5 Å². The van der Waals surface area contributed by atoms with Crippen LogP contribution in [-0.4, -0.2) is 62.0 Å². The van der Waals surface area contributed by atoms with E-state index in [1.165, 1.54) is 28.3 Å². The summed E-state index contributed by atoms with van der Waals surface area (Å²) in [6, 6.07) is 20.7. The number of ether oxygens (including phenoxy) is 5. The minimum absolute atomic E-state index is 0.0223. The molecule has 11 heteroatoms. The Morgan fingerprint density at radius 3 is 1.96 bits per heavy atom. The minimum Gasteiger partial charge on any atom is -0.493 e. The summed E-state index contributed by atoms with van der Waals surface area (Å²) in [7, 11) is -2.16. The summed E-state index contributed by atoms with van der Waals surface area (Å²) in [5.74, 6) is -0.276. The number of methoxy groups -OCH3 is 3. The van der Waals surface area contributed by atoms with Gasteiger partial charge in [0.2, 0.25) is 5.75 Å². The third kappa shape index (κ3) is 6.55. The molecule has 1 fully saturated rings. The van der Waals surface area contributed by atoms with Gasteiger partial charge in [-0.3, -0.25) is 4.79 Å². The average Bonchev–Trinajstić information content (AvgIpc) is 3.42. The second-order valence-electron chi connectivity index (χ2n) is 13.0. The van der Waals surface area contributed by atoms with Crippen molar-refractivity contribution >= 4 is 24.1 Å². The molecule has 0 aromatic heterocycles. The van der Waals surface area contributed by atoms with Crippen LogP contribution >= 0.6 is 0 Å². The Morgan fingerprint density at radius 1 is 0.935 bits per heavy atom. The van der Waals surface area contributed by atoms with Gasteiger partial charge in [-0.05, 0) is 53.5 Å². The van der Waals surface area contributed by atoms with E-state index in [2.05, 4.69) is 33.9 Å². The number of hydrogen-bond donors (Lipinski definition) is 0. The minimum atomic E-state index is -4.28. The fourth-order valence-electron chi connectivity index (χ4n) is 5.79. The first-order valence-corrected chi connectivity index (χ1v) is 19.6. The Bertz CT molecular complexity index is 1580. The number of benzene rings is 3. The lowest BCUT2D eigenvalue weighted by atomic mass is 9.81. The van der Waals surface area contributed by atoms with Crippen LogP contribution in [0.5, 0.6) is 17.2 Å². The quantitative estimate of drug-likeness (QED) is 0.150. The molecule has 0 unspecified atom stereocenters. The van der Waals surface area contributed by atoms with Crippen LogP contribution in [0, 0.1) is 5.92 Å². The van der Waals surface area contributed by atoms with E-state index in [1.54, 1.807) is 66.7 Å². The predicted molar refractivity (Wildman–Crippen MR) is 179 cm³/mol. The Labute approximate surface area is 274 Å². The number of hydrogen-bond acceptors (Lipinski definition) is 9. The van der Waals surface area contributed by atoms with Crippen LogP contribution in [0.25, 0.3) is 0 Å². The van der Waals surface area contributed by atoms with Gasteiger partial charge in [0.25, 0.3) is 0 Å². The highest BCUT2D eigenvalue weighted by Crippen LogP contribution is 2.56. The van der Waals surface area contributed by atoms with Gasteiger partial charge in [-0.2, -0.15) is 0 Å². The third-order valence-corrected chi connectivity index (χ3v) is 16.3. The summed E-state index contributed by atoms with van der Waals surface area (Å²) in [5, 5.41) is -0.163. The van der Waals surface area contributed by atoms with Crippen LogP contribution in [0.3, 0.4) is 0 Å². The van der Waals surface area contributed by atoms with Crippen molar-refractivity contribution in [2.45, 2.75) is 67.7 Å². The van der Waals surface area contributed by atoms with Crippen LogP contribution in [0.15, 0.2) is 77.7 Å². The standard InChI is InChI=1S/C35H46O9SSi/c1-24(36)44-33(25-16-12-10-13-17-25)35(45(37,38)27-18-14-11-15-19-27)23-42-31(28(35)22-43-46(8,9)34(2,3)4)26-20-29(39-5)32(41-7)30(21-26)40-6/h10-21,28,31,33H,22-23H2,1-9H3/t28-,31-,33+,35+/m1/s1. The van der Waals surface area contributed by atoms with E-state index >= 15 is 8.42 Å². The first kappa shape index (κ1) is 35.5. The Balaban J connectivity index is 2.06. The van der Waals surface area contributed by atoms with Crippen LogP contribution in [0.1, 0.15) is 51.0 Å². The second-order valence-corrected chi connectivity index (χ2v) is 20.1. The molecule has 0 radical (unpaired) electrons. The molecule has 4 atom stereocenters. The molecule has 1 heterocycles. The van der Waals surface area contributed by atoms with Gasteiger partial charge in [0.15, 0.2) is 29.7 Å². The van der Waals surface area contributed by atoms with Gasteiger partial charge in [0.05, 0.1) is 38.9 Å². The lowest BCUT2D eigenvalue weighted by Gasteiger charge is -2.43. The molecule has 1 saturated heterocycles. The molecular weight excluding hydrogens is 625 g/mol. The van der Waals surface area contributed by atoms with E-state index in [-0.39, 0.29) is 23.1 Å². The molecule has 250 valence electrons. The second kappa shape index (κ2) is 13.8. The van der Waals surface area contributed by atoms with Gasteiger partial charge in [0.1, 0.15) is 10.9 Å². The first-order valence-electron chi connectivity index (χ1n) is 15.2. The molecule has 1 aliphatic heterocycles.